The summed E-state index contributed by atoms with van der Waals surface area (Å²) in [6, 6.07) is 0. The van der Waals surface area contributed by atoms with Crippen LogP contribution in [0.25, 0.3) is 0 Å². The van der Waals surface area contributed by atoms with Crippen LogP contribution in [0.5, 0.6) is 0 Å². The Morgan fingerprint density at radius 3 is 2.92 bits per heavy atom. The fraction of sp³-hybridized carbons (Fsp3) is 0.875. The van der Waals surface area contributed by atoms with Gasteiger partial charge in [-0.2, -0.15) is 0 Å². The number of methoxy groups -OCH3 is 1. The van der Waals surface area contributed by atoms with Crippen LogP contribution in [0.15, 0.2) is 0 Å². The SMILES string of the molecule is COC(C)CN1CCC(Br)C1=O. The van der Waals surface area contributed by atoms with Crippen LogP contribution in [0.3, 0.4) is 0 Å². The van der Waals surface area contributed by atoms with Crippen molar-refractivity contribution in [1.29, 1.82) is 0 Å². The van der Waals surface area contributed by atoms with Crippen LogP contribution in [0.2, 0.25) is 0 Å². The molecule has 0 aliphatic carbocycles. The summed E-state index contributed by atoms with van der Waals surface area (Å²) >= 11 is 3.32. The lowest BCUT2D eigenvalue weighted by Gasteiger charge is -2.19. The zero-order valence-electron chi connectivity index (χ0n) is 7.42. The van der Waals surface area contributed by atoms with Crippen LogP contribution in [0.4, 0.5) is 0 Å². The molecule has 1 rings (SSSR count). The fourth-order valence-corrected chi connectivity index (χ4v) is 1.76. The van der Waals surface area contributed by atoms with Gasteiger partial charge in [-0.3, -0.25) is 4.79 Å². The Hall–Kier alpha value is -0.0900. The Morgan fingerprint density at radius 2 is 2.50 bits per heavy atom. The Labute approximate surface area is 81.2 Å². The van der Waals surface area contributed by atoms with Crippen LogP contribution in [0.1, 0.15) is 13.3 Å². The number of likely N-dealkylation sites (tertiary alicyclic amines) is 1. The minimum absolute atomic E-state index is 0.0292. The third-order valence-electron chi connectivity index (χ3n) is 2.11. The van der Waals surface area contributed by atoms with Gasteiger partial charge in [-0.15, -0.1) is 0 Å². The molecule has 4 heteroatoms. The van der Waals surface area contributed by atoms with Crippen molar-refractivity contribution in [2.24, 2.45) is 0 Å². The van der Waals surface area contributed by atoms with Gasteiger partial charge in [-0.05, 0) is 13.3 Å². The van der Waals surface area contributed by atoms with E-state index in [0.717, 1.165) is 13.0 Å². The highest BCUT2D eigenvalue weighted by Crippen LogP contribution is 2.18. The number of nitrogens with zero attached hydrogens (tertiary/aromatic N) is 1. The van der Waals surface area contributed by atoms with Crippen LogP contribution < -0.4 is 0 Å². The lowest BCUT2D eigenvalue weighted by atomic mass is 10.4. The molecule has 1 aliphatic heterocycles. The summed E-state index contributed by atoms with van der Waals surface area (Å²) in [5.41, 5.74) is 0. The third-order valence-corrected chi connectivity index (χ3v) is 2.96. The van der Waals surface area contributed by atoms with E-state index in [1.54, 1.807) is 7.11 Å². The van der Waals surface area contributed by atoms with E-state index in [4.69, 9.17) is 4.74 Å². The largest absolute Gasteiger partial charge is 0.380 e. The number of hydrogen-bond donors (Lipinski definition) is 0. The predicted octanol–water partition coefficient (Wildman–Crippen LogP) is 1.02. The summed E-state index contributed by atoms with van der Waals surface area (Å²) in [4.78, 5) is 13.3. The lowest BCUT2D eigenvalue weighted by Crippen LogP contribution is -2.34. The molecule has 0 saturated carbocycles. The fourth-order valence-electron chi connectivity index (χ4n) is 1.27. The predicted molar refractivity (Wildman–Crippen MR) is 50.4 cm³/mol. The van der Waals surface area contributed by atoms with Crippen LogP contribution in [-0.2, 0) is 9.53 Å². The first-order chi connectivity index (χ1) is 5.65. The van der Waals surface area contributed by atoms with Gasteiger partial charge in [0.25, 0.3) is 0 Å². The minimum Gasteiger partial charge on any atom is -0.380 e. The molecule has 0 aromatic rings. The highest BCUT2D eigenvalue weighted by molar-refractivity contribution is 9.10. The van der Waals surface area contributed by atoms with E-state index in [1.165, 1.54) is 0 Å². The summed E-state index contributed by atoms with van der Waals surface area (Å²) in [7, 11) is 1.66. The molecule has 12 heavy (non-hydrogen) atoms. The Kier molecular flexibility index (Phi) is 3.53. The van der Waals surface area contributed by atoms with Gasteiger partial charge in [0.2, 0.25) is 5.91 Å². The number of rotatable bonds is 3. The zero-order chi connectivity index (χ0) is 9.14. The monoisotopic (exact) mass is 235 g/mol. The van der Waals surface area contributed by atoms with Crippen molar-refractivity contribution in [3.8, 4) is 0 Å². The van der Waals surface area contributed by atoms with Crippen molar-refractivity contribution < 1.29 is 9.53 Å². The van der Waals surface area contributed by atoms with E-state index < -0.39 is 0 Å². The summed E-state index contributed by atoms with van der Waals surface area (Å²) in [5.74, 6) is 0.193. The number of amides is 1. The van der Waals surface area contributed by atoms with Crippen molar-refractivity contribution in [3.05, 3.63) is 0 Å². The molecular formula is C8H14BrNO2. The maximum atomic E-state index is 11.4. The molecule has 3 nitrogen and oxygen atoms in total. The number of alkyl halides is 1. The second-order valence-corrected chi connectivity index (χ2v) is 4.19. The van der Waals surface area contributed by atoms with Crippen molar-refractivity contribution in [1.82, 2.24) is 4.90 Å². The van der Waals surface area contributed by atoms with Crippen LogP contribution >= 0.6 is 15.9 Å². The maximum absolute atomic E-state index is 11.4. The van der Waals surface area contributed by atoms with E-state index in [0.29, 0.717) is 6.54 Å². The van der Waals surface area contributed by atoms with E-state index in [9.17, 15) is 4.79 Å². The standard InChI is InChI=1S/C8H14BrNO2/c1-6(12-2)5-10-4-3-7(9)8(10)11/h6-7H,3-5H2,1-2H3. The molecular weight excluding hydrogens is 222 g/mol. The molecule has 0 aromatic carbocycles. The van der Waals surface area contributed by atoms with Gasteiger partial charge < -0.3 is 9.64 Å². The van der Waals surface area contributed by atoms with Gasteiger partial charge in [0.1, 0.15) is 0 Å². The molecule has 1 aliphatic rings. The number of carbonyl (C=O) groups is 1. The molecule has 1 amide bonds. The van der Waals surface area contributed by atoms with Gasteiger partial charge in [0.05, 0.1) is 10.9 Å². The number of ether oxygens (including phenoxy) is 1. The maximum Gasteiger partial charge on any atom is 0.236 e. The Balaban J connectivity index is 2.39. The molecule has 0 spiro atoms. The number of halogens is 1. The van der Waals surface area contributed by atoms with E-state index >= 15 is 0 Å². The lowest BCUT2D eigenvalue weighted by molar-refractivity contribution is -0.128. The molecule has 1 heterocycles. The first-order valence-electron chi connectivity index (χ1n) is 4.10. The van der Waals surface area contributed by atoms with Gasteiger partial charge in [-0.1, -0.05) is 15.9 Å². The number of hydrogen-bond acceptors (Lipinski definition) is 2. The Morgan fingerprint density at radius 1 is 1.83 bits per heavy atom. The Bertz CT molecular complexity index is 174. The molecule has 0 radical (unpaired) electrons. The second kappa shape index (κ2) is 4.23. The van der Waals surface area contributed by atoms with Crippen molar-refractivity contribution in [2.45, 2.75) is 24.3 Å². The summed E-state index contributed by atoms with van der Waals surface area (Å²) in [6.07, 6.45) is 1.04. The highest BCUT2D eigenvalue weighted by atomic mass is 79.9. The summed E-state index contributed by atoms with van der Waals surface area (Å²) in [6.45, 7) is 3.52. The first-order valence-corrected chi connectivity index (χ1v) is 5.02. The van der Waals surface area contributed by atoms with Crippen LogP contribution in [0, 0.1) is 0 Å². The second-order valence-electron chi connectivity index (χ2n) is 3.09. The van der Waals surface area contributed by atoms with E-state index in [1.807, 2.05) is 11.8 Å². The number of carbonyl (C=O) groups excluding carboxylic acids is 1. The average molecular weight is 236 g/mol. The molecule has 1 fully saturated rings. The molecule has 70 valence electrons. The topological polar surface area (TPSA) is 29.5 Å². The average Bonchev–Trinajstić information content (AvgIpc) is 2.36. The molecule has 0 aromatic heterocycles. The van der Waals surface area contributed by atoms with Gasteiger partial charge >= 0.3 is 0 Å². The van der Waals surface area contributed by atoms with Gasteiger partial charge in [0, 0.05) is 20.2 Å². The van der Waals surface area contributed by atoms with E-state index in [-0.39, 0.29) is 16.8 Å². The van der Waals surface area contributed by atoms with Crippen LogP contribution in [-0.4, -0.2) is 41.9 Å². The zero-order valence-corrected chi connectivity index (χ0v) is 9.00. The summed E-state index contributed by atoms with van der Waals surface area (Å²) < 4.78 is 5.09. The van der Waals surface area contributed by atoms with Gasteiger partial charge in [0.15, 0.2) is 0 Å². The van der Waals surface area contributed by atoms with Crippen molar-refractivity contribution in [2.75, 3.05) is 20.2 Å². The van der Waals surface area contributed by atoms with Crippen molar-refractivity contribution >= 4 is 21.8 Å². The smallest absolute Gasteiger partial charge is 0.236 e. The molecule has 1 saturated heterocycles. The molecule has 2 unspecified atom stereocenters. The third kappa shape index (κ3) is 2.20. The molecule has 0 N–H and O–H groups in total. The minimum atomic E-state index is 0.0292. The normalized spacial score (nSPS) is 26.4. The molecule has 2 atom stereocenters. The van der Waals surface area contributed by atoms with Gasteiger partial charge in [-0.25, -0.2) is 0 Å². The van der Waals surface area contributed by atoms with E-state index in [2.05, 4.69) is 15.9 Å². The quantitative estimate of drug-likeness (QED) is 0.684. The van der Waals surface area contributed by atoms with Crippen molar-refractivity contribution in [3.63, 3.8) is 0 Å². The highest BCUT2D eigenvalue weighted by Gasteiger charge is 2.29. The summed E-state index contributed by atoms with van der Waals surface area (Å²) in [5, 5.41) is 0. The first kappa shape index (κ1) is 9.99. The molecule has 0 bridgehead atoms.